The van der Waals surface area contributed by atoms with Crippen molar-refractivity contribution in [3.63, 3.8) is 0 Å². The van der Waals surface area contributed by atoms with Gasteiger partial charge in [-0.25, -0.2) is 9.97 Å². The van der Waals surface area contributed by atoms with Gasteiger partial charge >= 0.3 is 0 Å². The third-order valence-electron chi connectivity index (χ3n) is 12.5. The summed E-state index contributed by atoms with van der Waals surface area (Å²) in [4.78, 5) is 75.3. The molecular formula is C53H28N8O4. The molecule has 0 radical (unpaired) electrons. The van der Waals surface area contributed by atoms with E-state index in [0.717, 1.165) is 11.1 Å². The molecule has 0 amide bonds. The molecule has 0 aliphatic heterocycles. The van der Waals surface area contributed by atoms with Crippen LogP contribution in [0.1, 0.15) is 75.3 Å². The van der Waals surface area contributed by atoms with Gasteiger partial charge in [-0.05, 0) is 35.4 Å². The molecule has 12 rings (SSSR count). The Hall–Kier alpha value is -9.52. The highest BCUT2D eigenvalue weighted by Crippen LogP contribution is 2.37. The molecule has 0 fully saturated rings. The maximum absolute atomic E-state index is 14.0. The molecule has 0 spiro atoms. The second-order valence-electron chi connectivity index (χ2n) is 15.9. The Labute approximate surface area is 367 Å². The maximum atomic E-state index is 14.0. The van der Waals surface area contributed by atoms with Crippen molar-refractivity contribution in [3.8, 4) is 34.7 Å². The number of nitrogens with zero attached hydrogens (tertiary/aromatic N) is 5. The van der Waals surface area contributed by atoms with Gasteiger partial charge in [0.2, 0.25) is 0 Å². The van der Waals surface area contributed by atoms with E-state index in [0.29, 0.717) is 77.2 Å². The Kier molecular flexibility index (Phi) is 7.88. The van der Waals surface area contributed by atoms with Crippen LogP contribution in [-0.4, -0.2) is 52.6 Å². The van der Waals surface area contributed by atoms with E-state index >= 15 is 0 Å². The fraction of sp³-hybridized carbons (Fsp3) is 0.0189. The van der Waals surface area contributed by atoms with Crippen LogP contribution in [0.25, 0.3) is 66.5 Å². The molecule has 304 valence electrons. The quantitative estimate of drug-likeness (QED) is 0.161. The molecule has 0 saturated carbocycles. The zero-order valence-electron chi connectivity index (χ0n) is 34.1. The number of hydrogen-bond donors (Lipinski definition) is 3. The first-order valence-corrected chi connectivity index (χ1v) is 20.6. The number of aromatic nitrogens is 6. The second kappa shape index (κ2) is 13.7. The summed E-state index contributed by atoms with van der Waals surface area (Å²) in [5, 5.41) is 24.5. The monoisotopic (exact) mass is 840 g/mol. The van der Waals surface area contributed by atoms with Crippen molar-refractivity contribution >= 4 is 67.1 Å². The molecule has 12 nitrogen and oxygen atoms in total. The van der Waals surface area contributed by atoms with E-state index in [1.807, 2.05) is 72.3 Å². The van der Waals surface area contributed by atoms with Crippen molar-refractivity contribution in [1.29, 1.82) is 10.5 Å². The van der Waals surface area contributed by atoms with Crippen molar-refractivity contribution in [2.24, 2.45) is 7.05 Å². The number of nitriles is 2. The van der Waals surface area contributed by atoms with Crippen molar-refractivity contribution in [3.05, 3.63) is 200 Å². The molecule has 0 atom stereocenters. The van der Waals surface area contributed by atoms with Crippen LogP contribution in [0.2, 0.25) is 0 Å². The van der Waals surface area contributed by atoms with Crippen LogP contribution in [0, 0.1) is 22.7 Å². The molecular weight excluding hydrogens is 813 g/mol. The maximum Gasteiger partial charge on any atom is 0.196 e. The zero-order chi connectivity index (χ0) is 44.2. The third-order valence-corrected chi connectivity index (χ3v) is 12.5. The van der Waals surface area contributed by atoms with Crippen LogP contribution in [0.5, 0.6) is 0 Å². The summed E-state index contributed by atoms with van der Waals surface area (Å²) in [5.41, 5.74) is 6.62. The molecule has 6 aromatic carbocycles. The summed E-state index contributed by atoms with van der Waals surface area (Å²) in [7, 11) is 1.84. The van der Waals surface area contributed by atoms with E-state index in [1.165, 1.54) is 0 Å². The number of rotatable bonds is 4. The Balaban J connectivity index is 1.18. The number of fused-ring (bicyclic) bond motifs is 9. The molecule has 2 aliphatic carbocycles. The molecule has 4 heterocycles. The minimum atomic E-state index is -0.325. The number of hydrogen-bond acceptors (Lipinski definition) is 8. The van der Waals surface area contributed by atoms with Gasteiger partial charge in [-0.15, -0.1) is 0 Å². The van der Waals surface area contributed by atoms with E-state index in [-0.39, 0.29) is 68.2 Å². The number of aromatic amines is 3. The molecule has 65 heavy (non-hydrogen) atoms. The molecule has 2 aliphatic rings. The lowest BCUT2D eigenvalue weighted by atomic mass is 9.83. The van der Waals surface area contributed by atoms with Crippen molar-refractivity contribution < 1.29 is 19.2 Å². The first-order chi connectivity index (χ1) is 31.8. The van der Waals surface area contributed by atoms with Crippen LogP contribution in [0.15, 0.2) is 133 Å². The smallest absolute Gasteiger partial charge is 0.196 e. The van der Waals surface area contributed by atoms with Gasteiger partial charge in [0.05, 0.1) is 55.3 Å². The van der Waals surface area contributed by atoms with Gasteiger partial charge in [0.15, 0.2) is 34.8 Å². The predicted octanol–water partition coefficient (Wildman–Crippen LogP) is 7.59. The van der Waals surface area contributed by atoms with Crippen molar-refractivity contribution in [2.75, 3.05) is 0 Å². The van der Waals surface area contributed by atoms with E-state index in [9.17, 15) is 29.7 Å². The molecule has 0 bridgehead atoms. The predicted molar refractivity (Wildman–Crippen MR) is 242 cm³/mol. The summed E-state index contributed by atoms with van der Waals surface area (Å²) in [6.07, 6.45) is 0. The largest absolute Gasteiger partial charge is 0.353 e. The van der Waals surface area contributed by atoms with Crippen LogP contribution >= 0.6 is 0 Å². The topological polar surface area (TPSA) is 194 Å². The van der Waals surface area contributed by atoms with Gasteiger partial charge in [0.25, 0.3) is 0 Å². The molecule has 4 aromatic heterocycles. The first-order valence-electron chi connectivity index (χ1n) is 20.6. The third kappa shape index (κ3) is 5.16. The minimum Gasteiger partial charge on any atom is -0.353 e. The van der Waals surface area contributed by atoms with E-state index in [1.54, 1.807) is 72.8 Å². The number of ketones is 4. The fourth-order valence-corrected chi connectivity index (χ4v) is 9.66. The summed E-state index contributed by atoms with van der Waals surface area (Å²) in [6, 6.07) is 43.9. The number of H-pyrrole nitrogens is 3. The Bertz CT molecular complexity index is 4060. The highest BCUT2D eigenvalue weighted by molar-refractivity contribution is 6.32. The summed E-state index contributed by atoms with van der Waals surface area (Å²) >= 11 is 0. The van der Waals surface area contributed by atoms with Gasteiger partial charge in [-0.3, -0.25) is 19.2 Å². The van der Waals surface area contributed by atoms with Gasteiger partial charge in [0.1, 0.15) is 23.3 Å². The van der Waals surface area contributed by atoms with Gasteiger partial charge in [0, 0.05) is 51.2 Å². The molecule has 12 heteroatoms. The summed E-state index contributed by atoms with van der Waals surface area (Å²) in [5.74, 6) is -0.870. The van der Waals surface area contributed by atoms with Gasteiger partial charge in [-0.1, -0.05) is 109 Å². The first kappa shape index (κ1) is 37.3. The van der Waals surface area contributed by atoms with Crippen LogP contribution in [-0.2, 0) is 7.05 Å². The van der Waals surface area contributed by atoms with Crippen molar-refractivity contribution in [2.45, 2.75) is 0 Å². The Morgan fingerprint density at radius 3 is 1.43 bits per heavy atom. The second-order valence-corrected chi connectivity index (χ2v) is 15.9. The molecule has 10 aromatic rings. The van der Waals surface area contributed by atoms with Gasteiger partial charge < -0.3 is 19.5 Å². The Morgan fingerprint density at radius 1 is 0.492 bits per heavy atom. The lowest BCUT2D eigenvalue weighted by molar-refractivity contribution is 0.0980. The van der Waals surface area contributed by atoms with Crippen molar-refractivity contribution in [1.82, 2.24) is 29.5 Å². The van der Waals surface area contributed by atoms with E-state index in [4.69, 9.17) is 9.97 Å². The molecule has 0 saturated heterocycles. The number of carbonyl (C=O) groups is 4. The lowest BCUT2D eigenvalue weighted by Crippen LogP contribution is -2.21. The standard InChI is InChI=1S/C53H28N8O4/c1-61-46(27-14-6-3-7-15-27)41-40(47(61)35(25-55)53-57-37-23-21-33-39(45(37)60-53)51(65)31-19-11-9-17-29(31)49(33)63)42(26-12-4-2-5-13-26)58-43(41)34(24-54)52-56-36-22-20-32-38(44(36)59-52)50(64)30-18-10-8-16-28(30)48(32)62/h2-23,58H,1H3,(H,56,59)(H,57,60)/b43-34-,47-35-. The van der Waals surface area contributed by atoms with Crippen LogP contribution in [0.3, 0.4) is 0 Å². The number of benzene rings is 6. The number of carbonyl (C=O) groups excluding carboxylic acids is 4. The summed E-state index contributed by atoms with van der Waals surface area (Å²) < 4.78 is 1.90. The number of nitrogens with one attached hydrogen (secondary N) is 3. The zero-order valence-corrected chi connectivity index (χ0v) is 34.1. The van der Waals surface area contributed by atoms with Crippen LogP contribution in [0.4, 0.5) is 0 Å². The fourth-order valence-electron chi connectivity index (χ4n) is 9.66. The average molecular weight is 841 g/mol. The Morgan fingerprint density at radius 2 is 0.938 bits per heavy atom. The highest BCUT2D eigenvalue weighted by Gasteiger charge is 2.34. The summed E-state index contributed by atoms with van der Waals surface area (Å²) in [6.45, 7) is 0. The number of imidazole rings is 2. The van der Waals surface area contributed by atoms with Gasteiger partial charge in [-0.2, -0.15) is 10.5 Å². The SMILES string of the molecule is Cn1c(-c2ccccc2)c2/c(=C(\C#N)c3nc4ccc5c(c4[nH]3)C(=O)c3ccccc3C5=O)[nH]c(-c3ccccc3)c2/c1=C(\C#N)c1nc2ccc3c(c2[nH]1)C(=O)c1ccccc1C3=O. The van der Waals surface area contributed by atoms with E-state index in [2.05, 4.69) is 27.1 Å². The van der Waals surface area contributed by atoms with E-state index < -0.39 is 0 Å². The average Bonchev–Trinajstić information content (AvgIpc) is 4.13. The van der Waals surface area contributed by atoms with Crippen LogP contribution < -0.4 is 10.7 Å². The molecule has 0 unspecified atom stereocenters. The highest BCUT2D eigenvalue weighted by atomic mass is 16.1. The normalized spacial score (nSPS) is 13.9. The molecule has 3 N–H and O–H groups in total. The lowest BCUT2D eigenvalue weighted by Gasteiger charge is -2.17. The minimum absolute atomic E-state index is 0.115.